The molecule has 2 heterocycles. The van der Waals surface area contributed by atoms with E-state index in [0.29, 0.717) is 17.0 Å². The highest BCUT2D eigenvalue weighted by atomic mass is 32.2. The van der Waals surface area contributed by atoms with Crippen LogP contribution in [-0.2, 0) is 16.9 Å². The Kier molecular flexibility index (Phi) is 6.05. The molecule has 3 aromatic rings. The molecule has 0 aliphatic carbocycles. The lowest BCUT2D eigenvalue weighted by Crippen LogP contribution is -2.08. The van der Waals surface area contributed by atoms with E-state index in [1.54, 1.807) is 12.1 Å². The van der Waals surface area contributed by atoms with Gasteiger partial charge in [0.15, 0.2) is 17.3 Å². The van der Waals surface area contributed by atoms with Gasteiger partial charge in [0.1, 0.15) is 11.3 Å². The van der Waals surface area contributed by atoms with Crippen LogP contribution in [0, 0.1) is 0 Å². The Bertz CT molecular complexity index is 969. The number of benzene rings is 1. The van der Waals surface area contributed by atoms with Gasteiger partial charge in [0, 0.05) is 29.5 Å². The molecule has 3 rings (SSSR count). The number of methoxy groups -OCH3 is 3. The Hall–Kier alpha value is -2.79. The average Bonchev–Trinajstić information content (AvgIpc) is 3.11. The molecule has 28 heavy (non-hydrogen) atoms. The number of alkyl halides is 2. The number of pyridine rings is 1. The molecule has 0 amide bonds. The Labute approximate surface area is 162 Å². The zero-order valence-corrected chi connectivity index (χ0v) is 16.0. The number of nitrogens with one attached hydrogen (secondary N) is 1. The highest BCUT2D eigenvalue weighted by molar-refractivity contribution is 7.90. The molecule has 2 aromatic heterocycles. The van der Waals surface area contributed by atoms with Gasteiger partial charge >= 0.3 is 11.8 Å². The fourth-order valence-electron chi connectivity index (χ4n) is 2.57. The van der Waals surface area contributed by atoms with Crippen molar-refractivity contribution < 1.29 is 32.3 Å². The Balaban J connectivity index is 2.00. The molecule has 0 aliphatic heterocycles. The first-order valence-electron chi connectivity index (χ1n) is 7.93. The van der Waals surface area contributed by atoms with Crippen molar-refractivity contribution in [3.8, 4) is 23.0 Å². The summed E-state index contributed by atoms with van der Waals surface area (Å²) in [4.78, 5) is 11.2. The molecule has 1 aromatic carbocycles. The minimum atomic E-state index is -3.10. The summed E-state index contributed by atoms with van der Waals surface area (Å²) in [6.45, 7) is -3.10. The van der Waals surface area contributed by atoms with E-state index in [-0.39, 0.29) is 33.7 Å². The minimum absolute atomic E-state index is 0.0337. The van der Waals surface area contributed by atoms with Gasteiger partial charge in [0.2, 0.25) is 5.75 Å². The Morgan fingerprint density at radius 2 is 1.93 bits per heavy atom. The maximum absolute atomic E-state index is 12.9. The number of aromatic nitrogens is 3. The number of hydrogen-bond acceptors (Lipinski definition) is 7. The molecule has 11 heteroatoms. The molecule has 1 atom stereocenters. The van der Waals surface area contributed by atoms with Crippen LogP contribution in [0.1, 0.15) is 5.69 Å². The lowest BCUT2D eigenvalue weighted by atomic mass is 10.2. The first-order valence-corrected chi connectivity index (χ1v) is 9.25. The maximum Gasteiger partial charge on any atom is 0.387 e. The second-order valence-corrected chi connectivity index (χ2v) is 6.80. The van der Waals surface area contributed by atoms with E-state index in [4.69, 9.17) is 14.2 Å². The number of nitrogens with zero attached hydrogens (tertiary/aromatic N) is 2. The van der Waals surface area contributed by atoms with Gasteiger partial charge in [-0.1, -0.05) is 0 Å². The minimum Gasteiger partial charge on any atom is -0.609 e. The predicted molar refractivity (Wildman–Crippen MR) is 96.7 cm³/mol. The van der Waals surface area contributed by atoms with Crippen LogP contribution < -0.4 is 18.9 Å². The number of aromatic amines is 1. The Morgan fingerprint density at radius 1 is 1.14 bits per heavy atom. The molecule has 0 aliphatic rings. The monoisotopic (exact) mass is 413 g/mol. The van der Waals surface area contributed by atoms with Gasteiger partial charge in [-0.05, 0) is 6.07 Å². The molecule has 150 valence electrons. The molecule has 0 saturated carbocycles. The van der Waals surface area contributed by atoms with Crippen molar-refractivity contribution in [2.45, 2.75) is 17.5 Å². The summed E-state index contributed by atoms with van der Waals surface area (Å²) in [6.07, 6.45) is 1.54. The number of fused-ring (bicyclic) bond motifs is 1. The zero-order valence-electron chi connectivity index (χ0n) is 15.2. The third kappa shape index (κ3) is 4.04. The molecule has 1 N–H and O–H groups in total. The van der Waals surface area contributed by atoms with E-state index in [9.17, 15) is 13.3 Å². The van der Waals surface area contributed by atoms with Crippen molar-refractivity contribution in [1.82, 2.24) is 15.0 Å². The standard InChI is InChI=1S/C17H17F2N3O5S/c1-24-10-4-5-20-9(6-10)8-28(23)17-21-11-7-12(25-2)14(26-3)15(13(11)22-17)27-16(18)19/h4-7,16H,8H2,1-3H3,(H,21,22). The van der Waals surface area contributed by atoms with Gasteiger partial charge in [0.25, 0.3) is 0 Å². The first kappa shape index (κ1) is 20.0. The summed E-state index contributed by atoms with van der Waals surface area (Å²) >= 11 is -1.62. The number of hydrogen-bond donors (Lipinski definition) is 1. The normalized spacial score (nSPS) is 12.2. The van der Waals surface area contributed by atoms with Crippen LogP contribution in [0.2, 0.25) is 0 Å². The summed E-state index contributed by atoms with van der Waals surface area (Å²) in [5.41, 5.74) is 0.896. The molecule has 1 unspecified atom stereocenters. The van der Waals surface area contributed by atoms with Crippen LogP contribution in [0.4, 0.5) is 8.78 Å². The smallest absolute Gasteiger partial charge is 0.387 e. The summed E-state index contributed by atoms with van der Waals surface area (Å²) < 4.78 is 58.5. The van der Waals surface area contributed by atoms with Crippen molar-refractivity contribution in [3.05, 3.63) is 30.1 Å². The second-order valence-electron chi connectivity index (χ2n) is 5.43. The highest BCUT2D eigenvalue weighted by Crippen LogP contribution is 2.43. The van der Waals surface area contributed by atoms with Crippen molar-refractivity contribution >= 4 is 22.2 Å². The van der Waals surface area contributed by atoms with E-state index < -0.39 is 17.8 Å². The second kappa shape index (κ2) is 8.48. The van der Waals surface area contributed by atoms with Crippen LogP contribution in [0.25, 0.3) is 11.0 Å². The van der Waals surface area contributed by atoms with Gasteiger partial charge < -0.3 is 23.5 Å². The van der Waals surface area contributed by atoms with E-state index in [0.717, 1.165) is 0 Å². The van der Waals surface area contributed by atoms with Gasteiger partial charge in [0.05, 0.1) is 32.5 Å². The van der Waals surface area contributed by atoms with Gasteiger partial charge in [-0.25, -0.2) is 0 Å². The highest BCUT2D eigenvalue weighted by Gasteiger charge is 2.26. The SMILES string of the molecule is COc1ccnc(C[S+]([O-])c2nc3c(OC(F)F)c(OC)c(OC)cc3[nH]2)c1. The van der Waals surface area contributed by atoms with Crippen LogP contribution in [0.5, 0.6) is 23.0 Å². The van der Waals surface area contributed by atoms with E-state index in [1.165, 1.54) is 33.6 Å². The third-order valence-corrected chi connectivity index (χ3v) is 4.96. The van der Waals surface area contributed by atoms with Gasteiger partial charge in [-0.2, -0.15) is 13.8 Å². The lowest BCUT2D eigenvalue weighted by molar-refractivity contribution is -0.0503. The fourth-order valence-corrected chi connectivity index (χ4v) is 3.55. The number of halogens is 2. The van der Waals surface area contributed by atoms with E-state index >= 15 is 0 Å². The summed E-state index contributed by atoms with van der Waals surface area (Å²) in [5, 5.41) is 0.0778. The molecular weight excluding hydrogens is 396 g/mol. The molecular formula is C17H17F2N3O5S. The number of rotatable bonds is 8. The van der Waals surface area contributed by atoms with Crippen molar-refractivity contribution in [3.63, 3.8) is 0 Å². The quantitative estimate of drug-likeness (QED) is 0.567. The first-order chi connectivity index (χ1) is 13.5. The third-order valence-electron chi connectivity index (χ3n) is 3.78. The molecule has 0 bridgehead atoms. The van der Waals surface area contributed by atoms with E-state index in [1.807, 2.05) is 0 Å². The molecule has 0 spiro atoms. The molecule has 0 radical (unpaired) electrons. The van der Waals surface area contributed by atoms with Crippen LogP contribution in [0.15, 0.2) is 29.6 Å². The Morgan fingerprint density at radius 3 is 2.57 bits per heavy atom. The number of imidazole rings is 1. The van der Waals surface area contributed by atoms with Crippen molar-refractivity contribution in [1.29, 1.82) is 0 Å². The predicted octanol–water partition coefficient (Wildman–Crippen LogP) is 2.89. The largest absolute Gasteiger partial charge is 0.609 e. The molecule has 8 nitrogen and oxygen atoms in total. The van der Waals surface area contributed by atoms with Gasteiger partial charge in [-0.15, -0.1) is 0 Å². The zero-order chi connectivity index (χ0) is 20.3. The van der Waals surface area contributed by atoms with Crippen LogP contribution >= 0.6 is 0 Å². The summed E-state index contributed by atoms with van der Waals surface area (Å²) in [6, 6.07) is 4.82. The molecule has 0 saturated heterocycles. The average molecular weight is 413 g/mol. The number of H-pyrrole nitrogens is 1. The van der Waals surface area contributed by atoms with Crippen molar-refractivity contribution in [2.24, 2.45) is 0 Å². The summed E-state index contributed by atoms with van der Waals surface area (Å²) in [7, 11) is 4.17. The number of ether oxygens (including phenoxy) is 4. The van der Waals surface area contributed by atoms with Gasteiger partial charge in [-0.3, -0.25) is 9.97 Å². The summed E-state index contributed by atoms with van der Waals surface area (Å²) in [5.74, 6) is 0.463. The van der Waals surface area contributed by atoms with Crippen LogP contribution in [0.3, 0.4) is 0 Å². The lowest BCUT2D eigenvalue weighted by Gasteiger charge is -2.13. The van der Waals surface area contributed by atoms with Crippen molar-refractivity contribution in [2.75, 3.05) is 21.3 Å². The van der Waals surface area contributed by atoms with E-state index in [2.05, 4.69) is 19.7 Å². The maximum atomic E-state index is 12.9. The fraction of sp³-hybridized carbons (Fsp3) is 0.294. The topological polar surface area (TPSA) is 102 Å². The van der Waals surface area contributed by atoms with Crippen LogP contribution in [-0.4, -0.2) is 47.4 Å². The molecule has 0 fully saturated rings.